The van der Waals surface area contributed by atoms with Gasteiger partial charge in [-0.05, 0) is 83.7 Å². The van der Waals surface area contributed by atoms with Crippen LogP contribution >= 0.6 is 10.0 Å². The Morgan fingerprint density at radius 2 is 1.72 bits per heavy atom. The van der Waals surface area contributed by atoms with E-state index in [0.29, 0.717) is 5.75 Å². The van der Waals surface area contributed by atoms with Crippen molar-refractivity contribution in [3.05, 3.63) is 87.9 Å². The molecule has 0 bridgehead atoms. The summed E-state index contributed by atoms with van der Waals surface area (Å²) in [6.45, 7) is 1.53. The Morgan fingerprint density at radius 3 is 2.44 bits per heavy atom. The number of fused-ring (bicyclic) bond motifs is 2. The highest BCUT2D eigenvalue weighted by Gasteiger charge is 2.45. The molecule has 8 heteroatoms. The van der Waals surface area contributed by atoms with E-state index in [9.17, 15) is 25.2 Å². The molecular formula is C28H30O7S. The molecule has 0 spiro atoms. The molecule has 5 atom stereocenters. The second-order valence-corrected chi connectivity index (χ2v) is 13.2. The van der Waals surface area contributed by atoms with Crippen LogP contribution in [-0.2, 0) is 9.53 Å². The van der Waals surface area contributed by atoms with Crippen LogP contribution in [0.15, 0.2) is 76.1 Å². The number of ketones is 1. The number of aryl methyl sites for hydroxylation is 1. The van der Waals surface area contributed by atoms with Gasteiger partial charge in [0.25, 0.3) is 0 Å². The van der Waals surface area contributed by atoms with Gasteiger partial charge in [-0.2, -0.15) is 10.0 Å². The Kier molecular flexibility index (Phi) is 6.45. The number of rotatable bonds is 4. The van der Waals surface area contributed by atoms with Gasteiger partial charge in [0.05, 0.1) is 6.61 Å². The zero-order chi connectivity index (χ0) is 25.8. The Hall–Kier alpha value is -2.72. The molecule has 1 saturated heterocycles. The van der Waals surface area contributed by atoms with E-state index in [1.807, 2.05) is 30.3 Å². The van der Waals surface area contributed by atoms with E-state index in [-0.39, 0.29) is 5.78 Å². The average Bonchev–Trinajstić information content (AvgIpc) is 2.86. The first kappa shape index (κ1) is 25.0. The lowest BCUT2D eigenvalue weighted by atomic mass is 9.88. The summed E-state index contributed by atoms with van der Waals surface area (Å²) >= 11 is 0. The number of aliphatic hydroxyl groups is 4. The summed E-state index contributed by atoms with van der Waals surface area (Å²) in [7, 11) is -1.62. The third kappa shape index (κ3) is 4.04. The Bertz CT molecular complexity index is 1310. The van der Waals surface area contributed by atoms with Crippen molar-refractivity contribution in [2.24, 2.45) is 0 Å². The van der Waals surface area contributed by atoms with Crippen molar-refractivity contribution in [3.8, 4) is 5.75 Å². The molecule has 1 fully saturated rings. The third-order valence-electron chi connectivity index (χ3n) is 7.06. The number of aliphatic hydroxyl groups excluding tert-OH is 4. The second-order valence-electron chi connectivity index (χ2n) is 9.65. The minimum absolute atomic E-state index is 0.0457. The maximum Gasteiger partial charge on any atom is 0.229 e. The lowest BCUT2D eigenvalue weighted by molar-refractivity contribution is -0.277. The molecule has 2 aromatic carbocycles. The maximum atomic E-state index is 12.4. The van der Waals surface area contributed by atoms with Gasteiger partial charge < -0.3 is 29.9 Å². The van der Waals surface area contributed by atoms with E-state index in [0.717, 1.165) is 37.6 Å². The van der Waals surface area contributed by atoms with Crippen molar-refractivity contribution in [1.82, 2.24) is 0 Å². The van der Waals surface area contributed by atoms with Crippen LogP contribution < -0.4 is 4.74 Å². The van der Waals surface area contributed by atoms with Gasteiger partial charge in [0.15, 0.2) is 5.78 Å². The van der Waals surface area contributed by atoms with Crippen LogP contribution in [0.1, 0.15) is 16.7 Å². The van der Waals surface area contributed by atoms with Gasteiger partial charge in [-0.25, -0.2) is 0 Å². The molecule has 5 rings (SSSR count). The molecule has 3 aliphatic rings. The summed E-state index contributed by atoms with van der Waals surface area (Å²) in [6, 6.07) is 13.8. The van der Waals surface area contributed by atoms with E-state index >= 15 is 0 Å². The van der Waals surface area contributed by atoms with E-state index in [4.69, 9.17) is 9.47 Å². The molecular weight excluding hydrogens is 480 g/mol. The van der Waals surface area contributed by atoms with Crippen molar-refractivity contribution in [2.45, 2.75) is 42.5 Å². The standard InChI is InChI=1S/C28H30O7S/c1-15-6-4-5-7-18(15)24-19-10-8-16(30)12-22(19)36(2,3)23-13-17(9-11-20(23)24)34-28-27(33)26(32)25(31)21(14-29)35-28/h4-13,21,25-29,31-33H,14H2,1-3H3/t21-,25+,26+,27-,28-/m1/s1. The molecule has 1 aliphatic carbocycles. The largest absolute Gasteiger partial charge is 0.462 e. The monoisotopic (exact) mass is 510 g/mol. The summed E-state index contributed by atoms with van der Waals surface area (Å²) in [5, 5.41) is 40.1. The summed E-state index contributed by atoms with van der Waals surface area (Å²) in [5.41, 5.74) is 5.32. The van der Waals surface area contributed by atoms with Crippen LogP contribution in [0.2, 0.25) is 0 Å². The number of carbonyl (C=O) groups is 1. The molecule has 0 radical (unpaired) electrons. The molecule has 0 amide bonds. The number of allylic oxidation sites excluding steroid dienone is 4. The topological polar surface area (TPSA) is 116 Å². The molecule has 190 valence electrons. The van der Waals surface area contributed by atoms with Crippen molar-refractivity contribution in [2.75, 3.05) is 19.1 Å². The van der Waals surface area contributed by atoms with E-state index in [1.165, 1.54) is 0 Å². The van der Waals surface area contributed by atoms with Crippen LogP contribution in [0.4, 0.5) is 0 Å². The predicted octanol–water partition coefficient (Wildman–Crippen LogP) is 2.44. The minimum Gasteiger partial charge on any atom is -0.462 e. The van der Waals surface area contributed by atoms with E-state index in [1.54, 1.807) is 18.2 Å². The lowest BCUT2D eigenvalue weighted by Gasteiger charge is -2.43. The summed E-state index contributed by atoms with van der Waals surface area (Å²) < 4.78 is 11.5. The fraction of sp³-hybridized carbons (Fsp3) is 0.321. The van der Waals surface area contributed by atoms with E-state index in [2.05, 4.69) is 31.6 Å². The SMILES string of the molecule is Cc1ccccc1C1=C2C=CC(=O)C=C2S(C)(C)c2cc(O[C@@H]3O[C@H](CO)[C@H](O)[C@H](O)[C@H]3O)ccc21. The normalized spacial score (nSPS) is 29.8. The van der Waals surface area contributed by atoms with Gasteiger partial charge in [0, 0.05) is 9.80 Å². The predicted molar refractivity (Wildman–Crippen MR) is 138 cm³/mol. The van der Waals surface area contributed by atoms with Crippen LogP contribution in [0, 0.1) is 6.92 Å². The summed E-state index contributed by atoms with van der Waals surface area (Å²) in [6.07, 6.45) is 2.69. The number of carbonyl (C=O) groups excluding carboxylic acids is 1. The zero-order valence-corrected chi connectivity index (χ0v) is 21.1. The van der Waals surface area contributed by atoms with Crippen molar-refractivity contribution >= 4 is 21.4 Å². The Morgan fingerprint density at radius 1 is 0.972 bits per heavy atom. The van der Waals surface area contributed by atoms with E-state index < -0.39 is 47.3 Å². The highest BCUT2D eigenvalue weighted by molar-refractivity contribution is 8.36. The van der Waals surface area contributed by atoms with Crippen LogP contribution in [0.3, 0.4) is 0 Å². The summed E-state index contributed by atoms with van der Waals surface area (Å²) in [4.78, 5) is 14.4. The van der Waals surface area contributed by atoms with Crippen molar-refractivity contribution < 1.29 is 34.7 Å². The molecule has 4 N–H and O–H groups in total. The maximum absolute atomic E-state index is 12.4. The van der Waals surface area contributed by atoms with Gasteiger partial charge >= 0.3 is 0 Å². The fourth-order valence-corrected chi connectivity index (χ4v) is 7.54. The van der Waals surface area contributed by atoms with Crippen LogP contribution in [0.5, 0.6) is 5.75 Å². The zero-order valence-electron chi connectivity index (χ0n) is 20.3. The number of benzene rings is 2. The van der Waals surface area contributed by atoms with Crippen molar-refractivity contribution in [3.63, 3.8) is 0 Å². The third-order valence-corrected chi connectivity index (χ3v) is 9.93. The van der Waals surface area contributed by atoms with Gasteiger partial charge in [-0.3, -0.25) is 4.79 Å². The molecule has 2 aliphatic heterocycles. The lowest BCUT2D eigenvalue weighted by Crippen LogP contribution is -2.60. The number of hydrogen-bond donors (Lipinski definition) is 4. The smallest absolute Gasteiger partial charge is 0.229 e. The highest BCUT2D eigenvalue weighted by Crippen LogP contribution is 2.66. The second kappa shape index (κ2) is 9.30. The molecule has 36 heavy (non-hydrogen) atoms. The Labute approximate surface area is 211 Å². The molecule has 0 unspecified atom stereocenters. The minimum atomic E-state index is -1.62. The average molecular weight is 511 g/mol. The molecule has 0 saturated carbocycles. The summed E-state index contributed by atoms with van der Waals surface area (Å²) in [5.74, 6) is 0.361. The van der Waals surface area contributed by atoms with Gasteiger partial charge in [0.2, 0.25) is 6.29 Å². The van der Waals surface area contributed by atoms with Gasteiger partial charge in [0.1, 0.15) is 30.2 Å². The first-order chi connectivity index (χ1) is 17.1. The number of ether oxygens (including phenoxy) is 2. The van der Waals surface area contributed by atoms with Gasteiger partial charge in [-0.1, -0.05) is 24.3 Å². The molecule has 2 aromatic rings. The quantitative estimate of drug-likeness (QED) is 0.499. The highest BCUT2D eigenvalue weighted by atomic mass is 32.3. The first-order valence-corrected chi connectivity index (χ1v) is 14.2. The van der Waals surface area contributed by atoms with Crippen LogP contribution in [0.25, 0.3) is 5.57 Å². The van der Waals surface area contributed by atoms with Crippen molar-refractivity contribution in [1.29, 1.82) is 0 Å². The number of hydrogen-bond acceptors (Lipinski definition) is 7. The van der Waals surface area contributed by atoms with Gasteiger partial charge in [-0.15, -0.1) is 0 Å². The molecule has 7 nitrogen and oxygen atoms in total. The fourth-order valence-electron chi connectivity index (χ4n) is 5.04. The Balaban J connectivity index is 1.61. The molecule has 0 aromatic heterocycles. The first-order valence-electron chi connectivity index (χ1n) is 11.7. The molecule has 2 heterocycles. The van der Waals surface area contributed by atoms with Crippen LogP contribution in [-0.4, -0.2) is 76.0 Å².